The lowest BCUT2D eigenvalue weighted by Gasteiger charge is -2.18. The van der Waals surface area contributed by atoms with Gasteiger partial charge in [0.25, 0.3) is 0 Å². The van der Waals surface area contributed by atoms with Crippen LogP contribution in [0, 0.1) is 11.3 Å². The van der Waals surface area contributed by atoms with Crippen LogP contribution in [0.1, 0.15) is 32.3 Å². The summed E-state index contributed by atoms with van der Waals surface area (Å²) in [4.78, 5) is 14.1. The first-order valence-electron chi connectivity index (χ1n) is 9.42. The summed E-state index contributed by atoms with van der Waals surface area (Å²) >= 11 is 10.0. The Balaban J connectivity index is 2.10. The molecule has 0 aliphatic heterocycles. The Morgan fingerprint density at radius 1 is 0.933 bits per heavy atom. The molecule has 30 heavy (non-hydrogen) atoms. The Bertz CT molecular complexity index is 1300. The fourth-order valence-electron chi connectivity index (χ4n) is 3.18. The normalized spacial score (nSPS) is 11.5. The molecule has 0 radical (unpaired) electrons. The average Bonchev–Trinajstić information content (AvgIpc) is 2.72. The number of halogens is 2. The van der Waals surface area contributed by atoms with Crippen molar-refractivity contribution in [3.05, 3.63) is 75.6 Å². The fraction of sp³-hybridized carbons (Fsp3) is 0.167. The van der Waals surface area contributed by atoms with Crippen molar-refractivity contribution in [3.8, 4) is 28.5 Å². The second kappa shape index (κ2) is 7.79. The molecule has 4 rings (SSSR count). The Hall–Kier alpha value is -2.81. The van der Waals surface area contributed by atoms with E-state index in [2.05, 4.69) is 27.0 Å². The third-order valence-electron chi connectivity index (χ3n) is 4.75. The van der Waals surface area contributed by atoms with Gasteiger partial charge in [0.2, 0.25) is 0 Å². The standard InChI is InChI=1S/C24H18BrClN4/c1-24(2,3)23-28-20(13-27)18-12-17(14-8-10-15(25)11-9-14)21(29-22(18)30-23)16-6-4-5-7-19(16)26/h4-12H,1-3H3. The van der Waals surface area contributed by atoms with Gasteiger partial charge < -0.3 is 0 Å². The minimum atomic E-state index is -0.309. The molecule has 0 spiro atoms. The Morgan fingerprint density at radius 3 is 2.27 bits per heavy atom. The van der Waals surface area contributed by atoms with E-state index in [1.807, 2.05) is 75.4 Å². The van der Waals surface area contributed by atoms with Crippen LogP contribution in [-0.2, 0) is 5.41 Å². The molecule has 4 nitrogen and oxygen atoms in total. The number of fused-ring (bicyclic) bond motifs is 1. The summed E-state index contributed by atoms with van der Waals surface area (Å²) in [6, 6.07) is 19.7. The highest BCUT2D eigenvalue weighted by molar-refractivity contribution is 9.10. The fourth-order valence-corrected chi connectivity index (χ4v) is 3.67. The number of nitrogens with zero attached hydrogens (tertiary/aromatic N) is 4. The number of aromatic nitrogens is 3. The maximum absolute atomic E-state index is 9.76. The van der Waals surface area contributed by atoms with Crippen LogP contribution in [0.4, 0.5) is 0 Å². The summed E-state index contributed by atoms with van der Waals surface area (Å²) in [5, 5.41) is 11.0. The van der Waals surface area contributed by atoms with Crippen LogP contribution in [0.5, 0.6) is 0 Å². The molecular formula is C24H18BrClN4. The monoisotopic (exact) mass is 476 g/mol. The number of nitriles is 1. The van der Waals surface area contributed by atoms with Crippen LogP contribution in [-0.4, -0.2) is 15.0 Å². The molecule has 0 amide bonds. The van der Waals surface area contributed by atoms with Gasteiger partial charge in [-0.15, -0.1) is 0 Å². The van der Waals surface area contributed by atoms with E-state index in [9.17, 15) is 5.26 Å². The highest BCUT2D eigenvalue weighted by Gasteiger charge is 2.22. The van der Waals surface area contributed by atoms with E-state index < -0.39 is 0 Å². The lowest BCUT2D eigenvalue weighted by molar-refractivity contribution is 0.547. The molecule has 0 aliphatic rings. The molecular weight excluding hydrogens is 460 g/mol. The quantitative estimate of drug-likeness (QED) is 0.313. The van der Waals surface area contributed by atoms with Crippen LogP contribution < -0.4 is 0 Å². The van der Waals surface area contributed by atoms with Gasteiger partial charge in [-0.2, -0.15) is 5.26 Å². The van der Waals surface area contributed by atoms with E-state index in [1.54, 1.807) is 0 Å². The molecule has 0 saturated heterocycles. The van der Waals surface area contributed by atoms with E-state index in [4.69, 9.17) is 21.6 Å². The first-order chi connectivity index (χ1) is 14.3. The SMILES string of the molecule is CC(C)(C)c1nc(C#N)c2cc(-c3ccc(Br)cc3)c(-c3ccccc3Cl)nc2n1. The summed E-state index contributed by atoms with van der Waals surface area (Å²) in [7, 11) is 0. The van der Waals surface area contributed by atoms with Crippen molar-refractivity contribution < 1.29 is 0 Å². The summed E-state index contributed by atoms with van der Waals surface area (Å²) in [5.41, 5.74) is 3.86. The van der Waals surface area contributed by atoms with E-state index in [0.29, 0.717) is 27.6 Å². The number of hydrogen-bond acceptors (Lipinski definition) is 4. The minimum Gasteiger partial charge on any atom is -0.227 e. The average molecular weight is 478 g/mol. The van der Waals surface area contributed by atoms with Crippen LogP contribution in [0.25, 0.3) is 33.4 Å². The molecule has 4 aromatic rings. The molecule has 2 aromatic heterocycles. The van der Waals surface area contributed by atoms with Gasteiger partial charge in [0, 0.05) is 26.0 Å². The molecule has 0 bridgehead atoms. The van der Waals surface area contributed by atoms with Crippen LogP contribution in [0.3, 0.4) is 0 Å². The van der Waals surface area contributed by atoms with Crippen molar-refractivity contribution in [2.45, 2.75) is 26.2 Å². The molecule has 0 aliphatic carbocycles. The van der Waals surface area contributed by atoms with Crippen molar-refractivity contribution >= 4 is 38.6 Å². The first-order valence-corrected chi connectivity index (χ1v) is 10.6. The lowest BCUT2D eigenvalue weighted by atomic mass is 9.94. The maximum atomic E-state index is 9.76. The Kier molecular flexibility index (Phi) is 5.31. The smallest absolute Gasteiger partial charge is 0.164 e. The maximum Gasteiger partial charge on any atom is 0.164 e. The first kappa shape index (κ1) is 20.5. The Labute approximate surface area is 188 Å². The Morgan fingerprint density at radius 2 is 1.63 bits per heavy atom. The molecule has 0 atom stereocenters. The van der Waals surface area contributed by atoms with Crippen LogP contribution in [0.2, 0.25) is 5.02 Å². The largest absolute Gasteiger partial charge is 0.227 e. The van der Waals surface area contributed by atoms with Crippen molar-refractivity contribution in [3.63, 3.8) is 0 Å². The molecule has 0 unspecified atom stereocenters. The van der Waals surface area contributed by atoms with Crippen molar-refractivity contribution in [1.82, 2.24) is 15.0 Å². The lowest BCUT2D eigenvalue weighted by Crippen LogP contribution is -2.17. The highest BCUT2D eigenvalue weighted by Crippen LogP contribution is 2.37. The predicted molar refractivity (Wildman–Crippen MR) is 124 cm³/mol. The molecule has 2 heterocycles. The van der Waals surface area contributed by atoms with Crippen molar-refractivity contribution in [2.75, 3.05) is 0 Å². The third kappa shape index (κ3) is 3.81. The number of rotatable bonds is 2. The molecule has 148 valence electrons. The van der Waals surface area contributed by atoms with Crippen molar-refractivity contribution in [2.24, 2.45) is 0 Å². The summed E-state index contributed by atoms with van der Waals surface area (Å²) in [6.45, 7) is 6.04. The van der Waals surface area contributed by atoms with Crippen molar-refractivity contribution in [1.29, 1.82) is 5.26 Å². The zero-order valence-electron chi connectivity index (χ0n) is 16.7. The molecule has 0 fully saturated rings. The van der Waals surface area contributed by atoms with E-state index in [1.165, 1.54) is 0 Å². The highest BCUT2D eigenvalue weighted by atomic mass is 79.9. The van der Waals surface area contributed by atoms with Gasteiger partial charge in [0.1, 0.15) is 11.9 Å². The second-order valence-electron chi connectivity index (χ2n) is 8.00. The minimum absolute atomic E-state index is 0.309. The van der Waals surface area contributed by atoms with Crippen LogP contribution >= 0.6 is 27.5 Å². The predicted octanol–water partition coefficient (Wildman–Crippen LogP) is 6.94. The summed E-state index contributed by atoms with van der Waals surface area (Å²) in [5.74, 6) is 0.584. The zero-order chi connectivity index (χ0) is 21.5. The second-order valence-corrected chi connectivity index (χ2v) is 9.32. The number of benzene rings is 2. The number of hydrogen-bond donors (Lipinski definition) is 0. The van der Waals surface area contributed by atoms with Gasteiger partial charge in [-0.3, -0.25) is 0 Å². The van der Waals surface area contributed by atoms with E-state index >= 15 is 0 Å². The van der Waals surface area contributed by atoms with Gasteiger partial charge in [-0.05, 0) is 29.8 Å². The summed E-state index contributed by atoms with van der Waals surface area (Å²) < 4.78 is 0.982. The third-order valence-corrected chi connectivity index (χ3v) is 5.61. The summed E-state index contributed by atoms with van der Waals surface area (Å²) in [6.07, 6.45) is 0. The number of pyridine rings is 1. The topological polar surface area (TPSA) is 62.5 Å². The molecule has 0 N–H and O–H groups in total. The van der Waals surface area contributed by atoms with Crippen LogP contribution in [0.15, 0.2) is 59.1 Å². The molecule has 6 heteroatoms. The molecule has 0 saturated carbocycles. The van der Waals surface area contributed by atoms with Gasteiger partial charge in [-0.1, -0.05) is 78.6 Å². The van der Waals surface area contributed by atoms with Gasteiger partial charge in [0.05, 0.1) is 11.1 Å². The zero-order valence-corrected chi connectivity index (χ0v) is 19.1. The van der Waals surface area contributed by atoms with Gasteiger partial charge in [-0.25, -0.2) is 15.0 Å². The van der Waals surface area contributed by atoms with Gasteiger partial charge >= 0.3 is 0 Å². The van der Waals surface area contributed by atoms with E-state index in [-0.39, 0.29) is 5.41 Å². The molecule has 2 aromatic carbocycles. The van der Waals surface area contributed by atoms with Gasteiger partial charge in [0.15, 0.2) is 11.3 Å². The van der Waals surface area contributed by atoms with E-state index in [0.717, 1.165) is 26.9 Å².